The van der Waals surface area contributed by atoms with Crippen LogP contribution in [0.15, 0.2) is 30.7 Å². The van der Waals surface area contributed by atoms with Gasteiger partial charge in [-0.25, -0.2) is 0 Å². The normalized spacial score (nSPS) is 19.2. The molecule has 3 aliphatic rings. The molecule has 6 rings (SSSR count). The van der Waals surface area contributed by atoms with E-state index in [-0.39, 0.29) is 17.2 Å². The van der Waals surface area contributed by atoms with Crippen LogP contribution in [-0.2, 0) is 24.8 Å². The Bertz CT molecular complexity index is 1300. The molecule has 0 saturated carbocycles. The van der Waals surface area contributed by atoms with E-state index in [0.717, 1.165) is 60.8 Å². The number of amides is 2. The van der Waals surface area contributed by atoms with Crippen LogP contribution in [-0.4, -0.2) is 74.8 Å². The first-order chi connectivity index (χ1) is 16.3. The maximum atomic E-state index is 12.6. The van der Waals surface area contributed by atoms with Gasteiger partial charge in [0, 0.05) is 87.2 Å². The summed E-state index contributed by atoms with van der Waals surface area (Å²) in [4.78, 5) is 31.0. The fraction of sp³-hybridized carbons (Fsp3) is 0.417. The van der Waals surface area contributed by atoms with Crippen LogP contribution in [0.1, 0.15) is 27.9 Å². The number of nitrogens with one attached hydrogen (secondary N) is 1. The van der Waals surface area contributed by atoms with Gasteiger partial charge in [-0.1, -0.05) is 11.6 Å². The number of anilines is 1. The summed E-state index contributed by atoms with van der Waals surface area (Å²) in [5, 5.41) is 12.3. The van der Waals surface area contributed by atoms with Crippen molar-refractivity contribution in [3.63, 3.8) is 0 Å². The van der Waals surface area contributed by atoms with E-state index in [4.69, 9.17) is 11.6 Å². The molecule has 5 heterocycles. The second kappa shape index (κ2) is 7.68. The minimum atomic E-state index is 0.0543. The van der Waals surface area contributed by atoms with Crippen LogP contribution in [0.4, 0.5) is 5.69 Å². The average molecular weight is 480 g/mol. The van der Waals surface area contributed by atoms with Crippen molar-refractivity contribution in [1.29, 1.82) is 0 Å². The highest BCUT2D eigenvalue weighted by Gasteiger charge is 2.53. The molecule has 34 heavy (non-hydrogen) atoms. The molecule has 0 radical (unpaired) electrons. The van der Waals surface area contributed by atoms with E-state index in [1.165, 1.54) is 0 Å². The lowest BCUT2D eigenvalue weighted by Gasteiger charge is -2.60. The lowest BCUT2D eigenvalue weighted by molar-refractivity contribution is -0.118. The summed E-state index contributed by atoms with van der Waals surface area (Å²) in [5.41, 5.74) is 5.61. The van der Waals surface area contributed by atoms with Crippen LogP contribution in [0, 0.1) is 5.41 Å². The predicted octanol–water partition coefficient (Wildman–Crippen LogP) is 2.33. The Morgan fingerprint density at radius 1 is 1.18 bits per heavy atom. The van der Waals surface area contributed by atoms with Gasteiger partial charge in [0.2, 0.25) is 5.91 Å². The number of H-pyrrole nitrogens is 1. The van der Waals surface area contributed by atoms with Crippen molar-refractivity contribution < 1.29 is 9.59 Å². The van der Waals surface area contributed by atoms with Gasteiger partial charge in [-0.2, -0.15) is 10.2 Å². The molecule has 0 unspecified atom stereocenters. The standard InChI is InChI=1S/C24H26ClN7O2/c1-29-9-17(8-27-29)23(34)32-13-24(14-32)11-31(12-24)10-16-7-26-28-21(16)19-6-18(25)5-15-3-4-20(33)30(2)22(15)19/h5-9H,3-4,10-14H2,1-2H3,(H,26,28). The molecule has 1 N–H and O–H groups in total. The van der Waals surface area contributed by atoms with Crippen molar-refractivity contribution in [3.8, 4) is 11.3 Å². The Labute approximate surface area is 202 Å². The van der Waals surface area contributed by atoms with Crippen molar-refractivity contribution in [2.45, 2.75) is 19.4 Å². The molecule has 176 valence electrons. The Balaban J connectivity index is 1.15. The summed E-state index contributed by atoms with van der Waals surface area (Å²) in [7, 11) is 3.63. The zero-order valence-electron chi connectivity index (χ0n) is 19.2. The number of benzene rings is 1. The molecule has 0 atom stereocenters. The number of halogens is 1. The van der Waals surface area contributed by atoms with Crippen molar-refractivity contribution in [2.24, 2.45) is 12.5 Å². The molecular weight excluding hydrogens is 454 g/mol. The van der Waals surface area contributed by atoms with Gasteiger partial charge < -0.3 is 9.80 Å². The maximum absolute atomic E-state index is 12.6. The minimum absolute atomic E-state index is 0.0543. The van der Waals surface area contributed by atoms with E-state index in [1.807, 2.05) is 37.3 Å². The first-order valence-electron chi connectivity index (χ1n) is 11.4. The number of hydrogen-bond acceptors (Lipinski definition) is 5. The molecule has 2 amide bonds. The number of fused-ring (bicyclic) bond motifs is 1. The first kappa shape index (κ1) is 21.4. The third-order valence-electron chi connectivity index (χ3n) is 7.25. The molecular formula is C24H26ClN7O2. The minimum Gasteiger partial charge on any atom is -0.337 e. The Kier molecular flexibility index (Phi) is 4.82. The molecule has 0 bridgehead atoms. The molecule has 1 spiro atoms. The fourth-order valence-electron chi connectivity index (χ4n) is 5.70. The highest BCUT2D eigenvalue weighted by molar-refractivity contribution is 6.31. The van der Waals surface area contributed by atoms with Crippen LogP contribution < -0.4 is 4.90 Å². The Hall–Kier alpha value is -3.17. The van der Waals surface area contributed by atoms with Crippen molar-refractivity contribution in [3.05, 3.63) is 52.4 Å². The van der Waals surface area contributed by atoms with Gasteiger partial charge in [-0.15, -0.1) is 0 Å². The van der Waals surface area contributed by atoms with Crippen molar-refractivity contribution in [1.82, 2.24) is 29.8 Å². The van der Waals surface area contributed by atoms with E-state index >= 15 is 0 Å². The van der Waals surface area contributed by atoms with E-state index in [2.05, 4.69) is 20.2 Å². The number of aromatic nitrogens is 4. The summed E-state index contributed by atoms with van der Waals surface area (Å²) >= 11 is 6.44. The highest BCUT2D eigenvalue weighted by atomic mass is 35.5. The van der Waals surface area contributed by atoms with Gasteiger partial charge in [0.25, 0.3) is 5.91 Å². The summed E-state index contributed by atoms with van der Waals surface area (Å²) in [5.74, 6) is 0.159. The molecule has 1 aromatic carbocycles. The molecule has 3 aromatic rings. The molecule has 10 heteroatoms. The number of aryl methyl sites for hydroxylation is 2. The lowest BCUT2D eigenvalue weighted by atomic mass is 9.72. The van der Waals surface area contributed by atoms with Crippen LogP contribution in [0.5, 0.6) is 0 Å². The Morgan fingerprint density at radius 3 is 2.71 bits per heavy atom. The maximum Gasteiger partial charge on any atom is 0.257 e. The van der Waals surface area contributed by atoms with Gasteiger partial charge in [0.1, 0.15) is 0 Å². The largest absolute Gasteiger partial charge is 0.337 e. The summed E-state index contributed by atoms with van der Waals surface area (Å²) in [6, 6.07) is 3.85. The van der Waals surface area contributed by atoms with Crippen LogP contribution in [0.25, 0.3) is 11.3 Å². The number of nitrogens with zero attached hydrogens (tertiary/aromatic N) is 6. The molecule has 2 aromatic heterocycles. The molecule has 2 saturated heterocycles. The summed E-state index contributed by atoms with van der Waals surface area (Å²) < 4.78 is 1.65. The molecule has 2 fully saturated rings. The molecule has 9 nitrogen and oxygen atoms in total. The van der Waals surface area contributed by atoms with Gasteiger partial charge >= 0.3 is 0 Å². The fourth-order valence-corrected chi connectivity index (χ4v) is 5.94. The number of carbonyl (C=O) groups is 2. The van der Waals surface area contributed by atoms with Gasteiger partial charge in [-0.3, -0.25) is 24.3 Å². The third kappa shape index (κ3) is 3.42. The molecule has 3 aliphatic heterocycles. The number of aromatic amines is 1. The third-order valence-corrected chi connectivity index (χ3v) is 7.47. The number of rotatable bonds is 4. The van der Waals surface area contributed by atoms with Crippen molar-refractivity contribution in [2.75, 3.05) is 38.1 Å². The SMILES string of the molecule is CN1C(=O)CCc2cc(Cl)cc(-c3n[nH]cc3CN3CC4(C3)CN(C(=O)c3cnn(C)c3)C4)c21. The van der Waals surface area contributed by atoms with Gasteiger partial charge in [-0.05, 0) is 24.1 Å². The van der Waals surface area contributed by atoms with E-state index < -0.39 is 0 Å². The molecule has 0 aliphatic carbocycles. The van der Waals surface area contributed by atoms with Gasteiger partial charge in [0.05, 0.1) is 23.1 Å². The number of likely N-dealkylation sites (tertiary alicyclic amines) is 2. The van der Waals surface area contributed by atoms with Crippen LogP contribution in [0.2, 0.25) is 5.02 Å². The second-order valence-corrected chi connectivity index (χ2v) is 10.3. The highest BCUT2D eigenvalue weighted by Crippen LogP contribution is 2.43. The zero-order chi connectivity index (χ0) is 23.6. The average Bonchev–Trinajstić information content (AvgIpc) is 3.39. The number of hydrogen-bond donors (Lipinski definition) is 1. The van der Waals surface area contributed by atoms with E-state index in [9.17, 15) is 9.59 Å². The second-order valence-electron chi connectivity index (χ2n) is 9.88. The van der Waals surface area contributed by atoms with Crippen LogP contribution in [0.3, 0.4) is 0 Å². The van der Waals surface area contributed by atoms with Crippen molar-refractivity contribution >= 4 is 29.1 Å². The number of carbonyl (C=O) groups excluding carboxylic acids is 2. The predicted molar refractivity (Wildman–Crippen MR) is 128 cm³/mol. The lowest BCUT2D eigenvalue weighted by Crippen LogP contribution is -2.72. The van der Waals surface area contributed by atoms with Gasteiger partial charge in [0.15, 0.2) is 0 Å². The summed E-state index contributed by atoms with van der Waals surface area (Å²) in [6.45, 7) is 4.21. The quantitative estimate of drug-likeness (QED) is 0.620. The van der Waals surface area contributed by atoms with E-state index in [1.54, 1.807) is 22.0 Å². The smallest absolute Gasteiger partial charge is 0.257 e. The first-order valence-corrected chi connectivity index (χ1v) is 11.8. The summed E-state index contributed by atoms with van der Waals surface area (Å²) in [6.07, 6.45) is 6.50. The van der Waals surface area contributed by atoms with Crippen LogP contribution >= 0.6 is 11.6 Å². The Morgan fingerprint density at radius 2 is 1.97 bits per heavy atom. The topological polar surface area (TPSA) is 90.4 Å². The monoisotopic (exact) mass is 479 g/mol. The van der Waals surface area contributed by atoms with E-state index in [0.29, 0.717) is 23.4 Å². The zero-order valence-corrected chi connectivity index (χ0v) is 20.0.